The first-order chi connectivity index (χ1) is 16.8. The first-order valence-corrected chi connectivity index (χ1v) is 12.9. The molecule has 0 spiro atoms. The number of halogens is 2. The van der Waals surface area contributed by atoms with Crippen LogP contribution in [0.3, 0.4) is 0 Å². The van der Waals surface area contributed by atoms with Gasteiger partial charge in [-0.05, 0) is 29.7 Å². The highest BCUT2D eigenvalue weighted by atomic mass is 32.2. The summed E-state index contributed by atoms with van der Waals surface area (Å²) in [6.07, 6.45) is 0.252. The highest BCUT2D eigenvalue weighted by Crippen LogP contribution is 2.24. The maximum absolute atomic E-state index is 14.0. The van der Waals surface area contributed by atoms with Crippen molar-refractivity contribution in [3.8, 4) is 0 Å². The van der Waals surface area contributed by atoms with Gasteiger partial charge in [0.05, 0.1) is 5.92 Å². The van der Waals surface area contributed by atoms with E-state index in [4.69, 9.17) is 0 Å². The zero-order valence-electron chi connectivity index (χ0n) is 19.0. The lowest BCUT2D eigenvalue weighted by atomic mass is 9.90. The van der Waals surface area contributed by atoms with E-state index < -0.39 is 38.5 Å². The van der Waals surface area contributed by atoms with Crippen LogP contribution in [0.4, 0.5) is 8.78 Å². The Balaban J connectivity index is 1.40. The van der Waals surface area contributed by atoms with Gasteiger partial charge in [-0.25, -0.2) is 21.9 Å². The number of hydrogen-bond acceptors (Lipinski definition) is 4. The van der Waals surface area contributed by atoms with Gasteiger partial charge in [0.15, 0.2) is 0 Å². The maximum Gasteiger partial charge on any atom is 0.243 e. The smallest absolute Gasteiger partial charge is 0.243 e. The van der Waals surface area contributed by atoms with Gasteiger partial charge in [0.25, 0.3) is 0 Å². The summed E-state index contributed by atoms with van der Waals surface area (Å²) in [4.78, 5) is 12.4. The highest BCUT2D eigenvalue weighted by molar-refractivity contribution is 7.89. The Hall–Kier alpha value is -3.14. The van der Waals surface area contributed by atoms with Gasteiger partial charge in [-0.15, -0.1) is 0 Å². The zero-order chi connectivity index (χ0) is 24.8. The van der Waals surface area contributed by atoms with Crippen molar-refractivity contribution in [1.82, 2.24) is 15.4 Å². The number of sulfonamides is 1. The normalized spacial score (nSPS) is 18.4. The number of carbonyl (C=O) groups is 1. The average molecular weight is 500 g/mol. The molecule has 0 saturated carbocycles. The largest absolute Gasteiger partial charge is 0.355 e. The van der Waals surface area contributed by atoms with E-state index in [0.717, 1.165) is 23.3 Å². The van der Waals surface area contributed by atoms with Crippen LogP contribution in [0.2, 0.25) is 0 Å². The van der Waals surface area contributed by atoms with E-state index in [1.807, 2.05) is 60.7 Å². The number of benzene rings is 3. The number of hydrogen-bond donors (Lipinski definition) is 3. The van der Waals surface area contributed by atoms with Crippen molar-refractivity contribution in [2.45, 2.75) is 23.3 Å². The predicted octanol–water partition coefficient (Wildman–Crippen LogP) is 3.17. The molecule has 35 heavy (non-hydrogen) atoms. The van der Waals surface area contributed by atoms with Crippen molar-refractivity contribution in [3.63, 3.8) is 0 Å². The summed E-state index contributed by atoms with van der Waals surface area (Å²) in [6, 6.07) is 21.5. The minimum absolute atomic E-state index is 0.0337. The van der Waals surface area contributed by atoms with Crippen LogP contribution in [0.25, 0.3) is 0 Å². The first-order valence-electron chi connectivity index (χ1n) is 11.4. The minimum atomic E-state index is -4.22. The third-order valence-corrected chi connectivity index (χ3v) is 7.66. The number of amides is 1. The van der Waals surface area contributed by atoms with Crippen molar-refractivity contribution < 1.29 is 22.0 Å². The van der Waals surface area contributed by atoms with E-state index in [2.05, 4.69) is 15.4 Å². The molecule has 3 N–H and O–H groups in total. The quantitative estimate of drug-likeness (QED) is 0.444. The lowest BCUT2D eigenvalue weighted by molar-refractivity contribution is -0.125. The molecule has 1 aliphatic rings. The molecule has 1 fully saturated rings. The van der Waals surface area contributed by atoms with Gasteiger partial charge in [-0.3, -0.25) is 4.79 Å². The van der Waals surface area contributed by atoms with Gasteiger partial charge < -0.3 is 10.6 Å². The predicted molar refractivity (Wildman–Crippen MR) is 129 cm³/mol. The van der Waals surface area contributed by atoms with Gasteiger partial charge in [-0.2, -0.15) is 0 Å². The Labute approximate surface area is 203 Å². The van der Waals surface area contributed by atoms with E-state index in [-0.39, 0.29) is 18.2 Å². The Morgan fingerprint density at radius 2 is 1.57 bits per heavy atom. The van der Waals surface area contributed by atoms with Gasteiger partial charge in [0.2, 0.25) is 15.9 Å². The molecule has 0 aromatic heterocycles. The van der Waals surface area contributed by atoms with E-state index >= 15 is 0 Å². The number of rotatable bonds is 8. The Kier molecular flexibility index (Phi) is 7.90. The molecule has 0 aliphatic carbocycles. The second kappa shape index (κ2) is 11.1. The lowest BCUT2D eigenvalue weighted by Gasteiger charge is -2.30. The first kappa shape index (κ1) is 25.0. The molecule has 2 atom stereocenters. The molecule has 3 aromatic carbocycles. The van der Waals surface area contributed by atoms with Crippen molar-refractivity contribution in [2.75, 3.05) is 19.6 Å². The van der Waals surface area contributed by atoms with Crippen LogP contribution in [0.5, 0.6) is 0 Å². The maximum atomic E-state index is 14.0. The fourth-order valence-electron chi connectivity index (χ4n) is 4.35. The molecule has 1 aliphatic heterocycles. The van der Waals surface area contributed by atoms with Crippen molar-refractivity contribution in [2.24, 2.45) is 5.92 Å². The fraction of sp³-hybridized carbons (Fsp3) is 0.269. The fourth-order valence-corrected chi connectivity index (χ4v) is 5.66. The van der Waals surface area contributed by atoms with Gasteiger partial charge >= 0.3 is 0 Å². The van der Waals surface area contributed by atoms with E-state index in [9.17, 15) is 22.0 Å². The van der Waals surface area contributed by atoms with Crippen molar-refractivity contribution in [3.05, 3.63) is 102 Å². The Morgan fingerprint density at radius 3 is 2.17 bits per heavy atom. The minimum Gasteiger partial charge on any atom is -0.355 e. The summed E-state index contributed by atoms with van der Waals surface area (Å²) in [5.41, 5.74) is 2.15. The lowest BCUT2D eigenvalue weighted by Crippen LogP contribution is -2.52. The number of carbonyl (C=O) groups excluding carboxylic acids is 1. The van der Waals surface area contributed by atoms with Crippen LogP contribution in [0.1, 0.15) is 23.5 Å². The van der Waals surface area contributed by atoms with Crippen LogP contribution in [0, 0.1) is 17.6 Å². The second-order valence-electron chi connectivity index (χ2n) is 8.60. The van der Waals surface area contributed by atoms with Crippen LogP contribution in [-0.4, -0.2) is 40.0 Å². The van der Waals surface area contributed by atoms with Crippen molar-refractivity contribution >= 4 is 15.9 Å². The molecule has 1 heterocycles. The molecular formula is C26H27F2N3O3S. The molecule has 184 valence electrons. The van der Waals surface area contributed by atoms with Crippen molar-refractivity contribution in [1.29, 1.82) is 0 Å². The molecule has 2 unspecified atom stereocenters. The second-order valence-corrected chi connectivity index (χ2v) is 10.3. The molecule has 6 nitrogen and oxygen atoms in total. The highest BCUT2D eigenvalue weighted by Gasteiger charge is 2.31. The van der Waals surface area contributed by atoms with Gasteiger partial charge in [0, 0.05) is 37.7 Å². The average Bonchev–Trinajstić information content (AvgIpc) is 2.85. The molecule has 3 aromatic rings. The molecule has 0 bridgehead atoms. The molecule has 1 saturated heterocycles. The summed E-state index contributed by atoms with van der Waals surface area (Å²) in [6.45, 7) is 1.08. The molecule has 4 rings (SSSR count). The summed E-state index contributed by atoms with van der Waals surface area (Å²) >= 11 is 0. The van der Waals surface area contributed by atoms with Crippen LogP contribution < -0.4 is 15.4 Å². The van der Waals surface area contributed by atoms with E-state index in [1.54, 1.807) is 0 Å². The summed E-state index contributed by atoms with van der Waals surface area (Å²) in [5, 5.41) is 6.10. The summed E-state index contributed by atoms with van der Waals surface area (Å²) < 4.78 is 54.9. The third-order valence-electron chi connectivity index (χ3n) is 6.11. The SMILES string of the molecule is O=C(NCC(c1ccccc1)c1ccccc1)C1CNCC(NS(=O)(=O)c2ccc(F)cc2F)C1. The Bertz CT molecular complexity index is 1220. The number of piperidine rings is 1. The van der Waals surface area contributed by atoms with Crippen LogP contribution in [-0.2, 0) is 14.8 Å². The third kappa shape index (κ3) is 6.30. The van der Waals surface area contributed by atoms with E-state index in [1.165, 1.54) is 0 Å². The summed E-state index contributed by atoms with van der Waals surface area (Å²) in [7, 11) is -4.22. The summed E-state index contributed by atoms with van der Waals surface area (Å²) in [5.74, 6) is -2.72. The van der Waals surface area contributed by atoms with Crippen LogP contribution >= 0.6 is 0 Å². The molecule has 9 heteroatoms. The molecular weight excluding hydrogens is 472 g/mol. The molecule has 1 amide bonds. The van der Waals surface area contributed by atoms with Crippen LogP contribution in [0.15, 0.2) is 83.8 Å². The molecule has 0 radical (unpaired) electrons. The standard InChI is InChI=1S/C26H27F2N3O3S/c27-21-11-12-25(24(28)14-21)35(33,34)31-22-13-20(15-29-16-22)26(32)30-17-23(18-7-3-1-4-8-18)19-9-5-2-6-10-19/h1-12,14,20,22-23,29,31H,13,15-17H2,(H,30,32). The number of nitrogens with one attached hydrogen (secondary N) is 3. The topological polar surface area (TPSA) is 87.3 Å². The zero-order valence-corrected chi connectivity index (χ0v) is 19.8. The monoisotopic (exact) mass is 499 g/mol. The van der Waals surface area contributed by atoms with Gasteiger partial charge in [-0.1, -0.05) is 60.7 Å². The van der Waals surface area contributed by atoms with Gasteiger partial charge in [0.1, 0.15) is 16.5 Å². The Morgan fingerprint density at radius 1 is 0.943 bits per heavy atom. The van der Waals surface area contributed by atoms with E-state index in [0.29, 0.717) is 25.7 Å².